The summed E-state index contributed by atoms with van der Waals surface area (Å²) in [5.41, 5.74) is 0.148. The van der Waals surface area contributed by atoms with Crippen molar-refractivity contribution in [3.05, 3.63) is 11.8 Å². The van der Waals surface area contributed by atoms with Gasteiger partial charge in [0.2, 0.25) is 0 Å². The molecule has 0 saturated carbocycles. The minimum atomic E-state index is -0.998. The Morgan fingerprint density at radius 1 is 1.47 bits per heavy atom. The first-order valence-corrected chi connectivity index (χ1v) is 7.05. The van der Waals surface area contributed by atoms with E-state index in [2.05, 4.69) is 9.97 Å². The molecule has 0 radical (unpaired) electrons. The number of hydrogen-bond donors (Lipinski definition) is 1. The summed E-state index contributed by atoms with van der Waals surface area (Å²) in [6, 6.07) is 0. The Labute approximate surface area is 116 Å². The van der Waals surface area contributed by atoms with Crippen molar-refractivity contribution in [2.75, 3.05) is 31.2 Å². The van der Waals surface area contributed by atoms with Crippen molar-refractivity contribution < 1.29 is 14.6 Å². The second-order valence-electron chi connectivity index (χ2n) is 4.46. The average Bonchev–Trinajstić information content (AvgIpc) is 2.38. The number of carbonyl (C=O) groups is 1. The van der Waals surface area contributed by atoms with Crippen LogP contribution in [0.1, 0.15) is 24.2 Å². The van der Waals surface area contributed by atoms with Crippen molar-refractivity contribution in [1.29, 1.82) is 0 Å². The van der Waals surface area contributed by atoms with Crippen LogP contribution in [0.25, 0.3) is 0 Å². The largest absolute Gasteiger partial charge is 0.477 e. The van der Waals surface area contributed by atoms with Crippen LogP contribution in [-0.2, 0) is 4.74 Å². The minimum absolute atomic E-state index is 0.148. The molecule has 1 aliphatic heterocycles. The van der Waals surface area contributed by atoms with E-state index in [1.165, 1.54) is 18.0 Å². The fraction of sp³-hybridized carbons (Fsp3) is 0.583. The van der Waals surface area contributed by atoms with Gasteiger partial charge >= 0.3 is 5.97 Å². The van der Waals surface area contributed by atoms with Crippen LogP contribution < -0.4 is 4.90 Å². The van der Waals surface area contributed by atoms with E-state index >= 15 is 0 Å². The van der Waals surface area contributed by atoms with E-state index in [9.17, 15) is 9.90 Å². The lowest BCUT2D eigenvalue weighted by Gasteiger charge is -2.28. The molecule has 0 atom stereocenters. The van der Waals surface area contributed by atoms with Crippen LogP contribution in [0, 0.1) is 0 Å². The number of thioether (sulfide) groups is 1. The van der Waals surface area contributed by atoms with Crippen molar-refractivity contribution in [3.8, 4) is 0 Å². The molecule has 1 N–H and O–H groups in total. The maximum atomic E-state index is 11.3. The third-order valence-corrected chi connectivity index (χ3v) is 3.51. The predicted molar refractivity (Wildman–Crippen MR) is 73.0 cm³/mol. The number of nitrogens with zero attached hydrogens (tertiary/aromatic N) is 3. The molecule has 0 spiro atoms. The van der Waals surface area contributed by atoms with Gasteiger partial charge in [0.05, 0.1) is 13.2 Å². The number of rotatable bonds is 4. The molecule has 6 nitrogen and oxygen atoms in total. The van der Waals surface area contributed by atoms with Crippen molar-refractivity contribution in [1.82, 2.24) is 9.97 Å². The number of morpholine rings is 1. The van der Waals surface area contributed by atoms with Crippen molar-refractivity contribution in [2.24, 2.45) is 0 Å². The van der Waals surface area contributed by atoms with Gasteiger partial charge in [-0.25, -0.2) is 14.8 Å². The molecule has 0 amide bonds. The number of carboxylic acid groups (broad SMARTS) is 1. The van der Waals surface area contributed by atoms with Crippen LogP contribution in [0.5, 0.6) is 0 Å². The van der Waals surface area contributed by atoms with Crippen LogP contribution in [-0.4, -0.2) is 52.6 Å². The van der Waals surface area contributed by atoms with Gasteiger partial charge in [0.1, 0.15) is 11.4 Å². The standard InChI is InChI=1S/C12H17N3O3S/c1-8(2)19-12-13-7-9(11(16)17)10(14-12)15-3-5-18-6-4-15/h7-8H,3-6H2,1-2H3,(H,16,17). The molecule has 1 aliphatic rings. The van der Waals surface area contributed by atoms with E-state index in [0.29, 0.717) is 42.5 Å². The Balaban J connectivity index is 2.32. The van der Waals surface area contributed by atoms with Crippen LogP contribution in [0.3, 0.4) is 0 Å². The first kappa shape index (κ1) is 14.1. The summed E-state index contributed by atoms with van der Waals surface area (Å²) in [5, 5.41) is 10.2. The van der Waals surface area contributed by atoms with Crippen molar-refractivity contribution in [3.63, 3.8) is 0 Å². The van der Waals surface area contributed by atoms with Crippen LogP contribution in [0.4, 0.5) is 5.82 Å². The molecule has 1 saturated heterocycles. The Kier molecular flexibility index (Phi) is 4.60. The SMILES string of the molecule is CC(C)Sc1ncc(C(=O)O)c(N2CCOCC2)n1. The zero-order valence-electron chi connectivity index (χ0n) is 11.0. The number of carboxylic acids is 1. The Morgan fingerprint density at radius 2 is 2.16 bits per heavy atom. The highest BCUT2D eigenvalue weighted by molar-refractivity contribution is 7.99. The Morgan fingerprint density at radius 3 is 2.74 bits per heavy atom. The smallest absolute Gasteiger partial charge is 0.341 e. The lowest BCUT2D eigenvalue weighted by atomic mass is 10.2. The van der Waals surface area contributed by atoms with Crippen molar-refractivity contribution >= 4 is 23.5 Å². The fourth-order valence-corrected chi connectivity index (χ4v) is 2.47. The molecule has 19 heavy (non-hydrogen) atoms. The second kappa shape index (κ2) is 6.21. The quantitative estimate of drug-likeness (QED) is 0.663. The van der Waals surface area contributed by atoms with Gasteiger partial charge < -0.3 is 14.7 Å². The van der Waals surface area contributed by atoms with Gasteiger partial charge in [0.15, 0.2) is 5.16 Å². The molecule has 2 heterocycles. The maximum Gasteiger partial charge on any atom is 0.341 e. The normalized spacial score (nSPS) is 15.8. The summed E-state index contributed by atoms with van der Waals surface area (Å²) in [6.45, 7) is 6.60. The van der Waals surface area contributed by atoms with E-state index in [0.717, 1.165) is 0 Å². The molecule has 104 valence electrons. The number of hydrogen-bond acceptors (Lipinski definition) is 6. The van der Waals surface area contributed by atoms with Gasteiger partial charge in [0.25, 0.3) is 0 Å². The van der Waals surface area contributed by atoms with Crippen LogP contribution in [0.2, 0.25) is 0 Å². The lowest BCUT2D eigenvalue weighted by Crippen LogP contribution is -2.38. The first-order valence-electron chi connectivity index (χ1n) is 6.17. The molecule has 1 fully saturated rings. The van der Waals surface area contributed by atoms with Crippen LogP contribution >= 0.6 is 11.8 Å². The summed E-state index contributed by atoms with van der Waals surface area (Å²) < 4.78 is 5.28. The Bertz CT molecular complexity index is 462. The van der Waals surface area contributed by atoms with E-state index in [4.69, 9.17) is 4.74 Å². The molecule has 0 aliphatic carbocycles. The molecule has 0 bridgehead atoms. The summed E-state index contributed by atoms with van der Waals surface area (Å²) in [5.74, 6) is -0.503. The highest BCUT2D eigenvalue weighted by atomic mass is 32.2. The average molecular weight is 283 g/mol. The lowest BCUT2D eigenvalue weighted by molar-refractivity contribution is 0.0695. The number of ether oxygens (including phenoxy) is 1. The molecule has 1 aromatic rings. The van der Waals surface area contributed by atoms with Gasteiger partial charge in [-0.3, -0.25) is 0 Å². The monoisotopic (exact) mass is 283 g/mol. The summed E-state index contributed by atoms with van der Waals surface area (Å²) in [6.07, 6.45) is 1.39. The highest BCUT2D eigenvalue weighted by Crippen LogP contribution is 2.24. The molecule has 2 rings (SSSR count). The molecular weight excluding hydrogens is 266 g/mol. The third kappa shape index (κ3) is 3.57. The second-order valence-corrected chi connectivity index (χ2v) is 6.00. The van der Waals surface area contributed by atoms with Gasteiger partial charge in [-0.05, 0) is 0 Å². The highest BCUT2D eigenvalue weighted by Gasteiger charge is 2.21. The summed E-state index contributed by atoms with van der Waals surface area (Å²) in [4.78, 5) is 21.7. The van der Waals surface area contributed by atoms with Gasteiger partial charge in [-0.15, -0.1) is 0 Å². The topological polar surface area (TPSA) is 75.5 Å². The molecule has 0 unspecified atom stereocenters. The number of aromatic nitrogens is 2. The molecule has 0 aromatic carbocycles. The molecule has 7 heteroatoms. The van der Waals surface area contributed by atoms with Gasteiger partial charge in [-0.2, -0.15) is 0 Å². The zero-order valence-corrected chi connectivity index (χ0v) is 11.8. The number of anilines is 1. The van der Waals surface area contributed by atoms with E-state index in [1.54, 1.807) is 0 Å². The van der Waals surface area contributed by atoms with E-state index in [-0.39, 0.29) is 5.56 Å². The molecule has 1 aromatic heterocycles. The van der Waals surface area contributed by atoms with Crippen molar-refractivity contribution in [2.45, 2.75) is 24.3 Å². The predicted octanol–water partition coefficient (Wildman–Crippen LogP) is 1.51. The number of aromatic carboxylic acids is 1. The minimum Gasteiger partial charge on any atom is -0.477 e. The van der Waals surface area contributed by atoms with Crippen LogP contribution in [0.15, 0.2) is 11.4 Å². The fourth-order valence-electron chi connectivity index (χ4n) is 1.79. The van der Waals surface area contributed by atoms with Gasteiger partial charge in [-0.1, -0.05) is 25.6 Å². The zero-order chi connectivity index (χ0) is 13.8. The third-order valence-electron chi connectivity index (χ3n) is 2.63. The maximum absolute atomic E-state index is 11.3. The molecular formula is C12H17N3O3S. The van der Waals surface area contributed by atoms with E-state index < -0.39 is 5.97 Å². The first-order chi connectivity index (χ1) is 9.08. The van der Waals surface area contributed by atoms with E-state index in [1.807, 2.05) is 18.7 Å². The Hall–Kier alpha value is -1.34. The summed E-state index contributed by atoms with van der Waals surface area (Å²) >= 11 is 1.52. The summed E-state index contributed by atoms with van der Waals surface area (Å²) in [7, 11) is 0. The van der Waals surface area contributed by atoms with Gasteiger partial charge in [0, 0.05) is 24.5 Å².